The fourth-order valence-electron chi connectivity index (χ4n) is 2.27. The maximum absolute atomic E-state index is 12.5. The third-order valence-electron chi connectivity index (χ3n) is 3.56. The summed E-state index contributed by atoms with van der Waals surface area (Å²) >= 11 is 17.2. The van der Waals surface area contributed by atoms with Crippen LogP contribution < -0.4 is 14.2 Å². The Balaban J connectivity index is 1.73. The van der Waals surface area contributed by atoms with Crippen molar-refractivity contribution >= 4 is 34.8 Å². The van der Waals surface area contributed by atoms with Gasteiger partial charge in [0.1, 0.15) is 23.9 Å². The summed E-state index contributed by atoms with van der Waals surface area (Å²) < 4.78 is 29.2. The molecule has 0 fully saturated rings. The molecule has 0 aliphatic heterocycles. The fraction of sp³-hybridized carbons (Fsp3) is 0.300. The summed E-state index contributed by atoms with van der Waals surface area (Å²) in [6, 6.07) is 10.7. The minimum atomic E-state index is -0.808. The largest absolute Gasteiger partial charge is 0.494 e. The highest BCUT2D eigenvalue weighted by Crippen LogP contribution is 2.33. The number of unbranched alkanes of at least 4 members (excludes halogenated alkanes) is 1. The van der Waals surface area contributed by atoms with Crippen LogP contribution in [0.4, 0.5) is 4.39 Å². The zero-order valence-electron chi connectivity index (χ0n) is 14.8. The van der Waals surface area contributed by atoms with Crippen LogP contribution in [0.5, 0.6) is 17.2 Å². The van der Waals surface area contributed by atoms with Crippen molar-refractivity contribution in [2.45, 2.75) is 19.8 Å². The molecule has 0 amide bonds. The molecule has 0 saturated carbocycles. The van der Waals surface area contributed by atoms with Crippen LogP contribution >= 0.6 is 34.8 Å². The molecule has 0 bridgehead atoms. The highest BCUT2D eigenvalue weighted by atomic mass is 35.5. The van der Waals surface area contributed by atoms with Gasteiger partial charge in [-0.3, -0.25) is 0 Å². The molecule has 0 spiro atoms. The lowest BCUT2D eigenvalue weighted by molar-refractivity contribution is 0.265. The van der Waals surface area contributed by atoms with E-state index in [1.54, 1.807) is 24.3 Å². The van der Waals surface area contributed by atoms with Crippen LogP contribution in [0, 0.1) is 6.92 Å². The second-order valence-electron chi connectivity index (χ2n) is 5.71. The lowest BCUT2D eigenvalue weighted by atomic mass is 10.2. The third-order valence-corrected chi connectivity index (χ3v) is 4.24. The molecule has 2 aromatic rings. The molecule has 0 atom stereocenters. The Morgan fingerprint density at radius 1 is 0.963 bits per heavy atom. The first kappa shape index (κ1) is 21.7. The molecule has 0 N–H and O–H groups in total. The van der Waals surface area contributed by atoms with E-state index in [4.69, 9.17) is 49.0 Å². The van der Waals surface area contributed by atoms with Crippen LogP contribution in [0.15, 0.2) is 47.8 Å². The summed E-state index contributed by atoms with van der Waals surface area (Å²) in [5, 5.41) is 0.317. The highest BCUT2D eigenvalue weighted by molar-refractivity contribution is 6.32. The van der Waals surface area contributed by atoms with Gasteiger partial charge in [0.15, 0.2) is 5.29 Å². The first-order valence-corrected chi connectivity index (χ1v) is 9.54. The lowest BCUT2D eigenvalue weighted by Crippen LogP contribution is -2.04. The van der Waals surface area contributed by atoms with Crippen molar-refractivity contribution < 1.29 is 18.6 Å². The Bertz CT molecular complexity index is 737. The average molecular weight is 434 g/mol. The number of benzene rings is 2. The summed E-state index contributed by atoms with van der Waals surface area (Å²) in [6.07, 6.45) is 2.79. The predicted octanol–water partition coefficient (Wildman–Crippen LogP) is 6.97. The van der Waals surface area contributed by atoms with Crippen LogP contribution in [0.2, 0.25) is 10.0 Å². The van der Waals surface area contributed by atoms with Crippen molar-refractivity contribution in [1.29, 1.82) is 0 Å². The van der Waals surface area contributed by atoms with E-state index >= 15 is 0 Å². The highest BCUT2D eigenvalue weighted by Gasteiger charge is 2.09. The monoisotopic (exact) mass is 432 g/mol. The smallest absolute Gasteiger partial charge is 0.188 e. The van der Waals surface area contributed by atoms with E-state index in [1.807, 2.05) is 19.1 Å². The first-order valence-electron chi connectivity index (χ1n) is 8.41. The van der Waals surface area contributed by atoms with E-state index in [2.05, 4.69) is 0 Å². The Labute approximate surface area is 173 Å². The molecule has 0 unspecified atom stereocenters. The molecule has 27 heavy (non-hydrogen) atoms. The summed E-state index contributed by atoms with van der Waals surface area (Å²) in [5.41, 5.74) is 0.838. The van der Waals surface area contributed by atoms with Crippen molar-refractivity contribution in [3.05, 3.63) is 63.4 Å². The van der Waals surface area contributed by atoms with Gasteiger partial charge in [0.05, 0.1) is 18.2 Å². The Morgan fingerprint density at radius 2 is 1.63 bits per heavy atom. The van der Waals surface area contributed by atoms with E-state index < -0.39 is 5.29 Å². The number of halogens is 4. The van der Waals surface area contributed by atoms with Gasteiger partial charge in [-0.05, 0) is 55.7 Å². The Kier molecular flexibility index (Phi) is 9.05. The van der Waals surface area contributed by atoms with Gasteiger partial charge < -0.3 is 14.2 Å². The van der Waals surface area contributed by atoms with Crippen LogP contribution in [0.3, 0.4) is 0 Å². The number of hydrogen-bond donors (Lipinski definition) is 0. The zero-order chi connectivity index (χ0) is 19.6. The quantitative estimate of drug-likeness (QED) is 0.379. The molecule has 0 aliphatic carbocycles. The molecular weight excluding hydrogens is 414 g/mol. The Hall–Kier alpha value is -1.62. The second kappa shape index (κ2) is 11.3. The minimum absolute atomic E-state index is 0.0267. The van der Waals surface area contributed by atoms with Gasteiger partial charge in [-0.2, -0.15) is 4.39 Å². The minimum Gasteiger partial charge on any atom is -0.494 e. The van der Waals surface area contributed by atoms with Crippen molar-refractivity contribution in [3.63, 3.8) is 0 Å². The SMILES string of the molecule is Cc1cc(OC/C=C(/F)Cl)cc(Cl)c1OCCCCOc1ccc(Cl)cc1. The molecular formula is C20H20Cl3FO3. The number of hydrogen-bond acceptors (Lipinski definition) is 3. The lowest BCUT2D eigenvalue weighted by Gasteiger charge is -2.13. The molecule has 0 aliphatic rings. The van der Waals surface area contributed by atoms with Crippen molar-refractivity contribution in [3.8, 4) is 17.2 Å². The Morgan fingerprint density at radius 3 is 2.26 bits per heavy atom. The van der Waals surface area contributed by atoms with Crippen molar-refractivity contribution in [1.82, 2.24) is 0 Å². The van der Waals surface area contributed by atoms with Crippen LogP contribution in [-0.2, 0) is 0 Å². The molecule has 3 nitrogen and oxygen atoms in total. The van der Waals surface area contributed by atoms with E-state index in [0.717, 1.165) is 30.2 Å². The molecule has 0 aromatic heterocycles. The number of aryl methyl sites for hydroxylation is 1. The molecule has 0 radical (unpaired) electrons. The molecule has 146 valence electrons. The summed E-state index contributed by atoms with van der Waals surface area (Å²) in [6.45, 7) is 3.01. The summed E-state index contributed by atoms with van der Waals surface area (Å²) in [4.78, 5) is 0. The van der Waals surface area contributed by atoms with E-state index in [-0.39, 0.29) is 6.61 Å². The van der Waals surface area contributed by atoms with Crippen LogP contribution in [0.1, 0.15) is 18.4 Å². The fourth-order valence-corrected chi connectivity index (χ4v) is 2.77. The van der Waals surface area contributed by atoms with Crippen LogP contribution in [-0.4, -0.2) is 19.8 Å². The molecule has 0 saturated heterocycles. The molecule has 2 rings (SSSR count). The first-order chi connectivity index (χ1) is 13.0. The van der Waals surface area contributed by atoms with E-state index in [1.165, 1.54) is 0 Å². The van der Waals surface area contributed by atoms with Gasteiger partial charge >= 0.3 is 0 Å². The third kappa shape index (κ3) is 7.87. The predicted molar refractivity (Wildman–Crippen MR) is 108 cm³/mol. The zero-order valence-corrected chi connectivity index (χ0v) is 17.1. The van der Waals surface area contributed by atoms with Gasteiger partial charge in [-0.25, -0.2) is 0 Å². The molecule has 2 aromatic carbocycles. The maximum Gasteiger partial charge on any atom is 0.188 e. The topological polar surface area (TPSA) is 27.7 Å². The van der Waals surface area contributed by atoms with E-state index in [9.17, 15) is 4.39 Å². The normalized spacial score (nSPS) is 11.4. The van der Waals surface area contributed by atoms with Gasteiger partial charge in [-0.1, -0.05) is 34.8 Å². The van der Waals surface area contributed by atoms with E-state index in [0.29, 0.717) is 34.8 Å². The van der Waals surface area contributed by atoms with Crippen molar-refractivity contribution in [2.75, 3.05) is 19.8 Å². The average Bonchev–Trinajstić information content (AvgIpc) is 2.61. The van der Waals surface area contributed by atoms with Gasteiger partial charge in [0.25, 0.3) is 0 Å². The van der Waals surface area contributed by atoms with Gasteiger partial charge in [0, 0.05) is 17.2 Å². The van der Waals surface area contributed by atoms with Crippen LogP contribution in [0.25, 0.3) is 0 Å². The standard InChI is InChI=1S/C20H20Cl3FO3/c1-14-12-17(26-11-8-19(23)24)13-18(22)20(14)27-10-3-2-9-25-16-6-4-15(21)5-7-16/h4-8,12-13H,2-3,9-11H2,1H3/b19-8+. The second-order valence-corrected chi connectivity index (χ2v) is 6.92. The maximum atomic E-state index is 12.5. The van der Waals surface area contributed by atoms with Gasteiger partial charge in [0.2, 0.25) is 0 Å². The number of ether oxygens (including phenoxy) is 3. The summed E-state index contributed by atoms with van der Waals surface area (Å²) in [7, 11) is 0. The van der Waals surface area contributed by atoms with Crippen molar-refractivity contribution in [2.24, 2.45) is 0 Å². The summed E-state index contributed by atoms with van der Waals surface area (Å²) in [5.74, 6) is 1.93. The molecule has 7 heteroatoms. The van der Waals surface area contributed by atoms with Gasteiger partial charge in [-0.15, -0.1) is 0 Å². The molecule has 0 heterocycles. The number of rotatable bonds is 10.